The standard InChI is InChI=1S/C18H20N4O4/c1-10(2)25-18(24)14-15(23)13(26-17(14)21-22(3)4)8-11-9-20-16-12(11)6-5-7-19-16/h5-10,21H,1-4H3,(H,19,20). The number of aromatic amines is 1. The molecule has 0 saturated carbocycles. The first-order valence-electron chi connectivity index (χ1n) is 8.12. The van der Waals surface area contributed by atoms with Crippen molar-refractivity contribution in [2.24, 2.45) is 0 Å². The Kier molecular flexibility index (Phi) is 4.77. The number of H-pyrrole nitrogens is 1. The van der Waals surface area contributed by atoms with Crippen LogP contribution in [-0.2, 0) is 19.1 Å². The Hall–Kier alpha value is -3.13. The number of hydrogen-bond acceptors (Lipinski definition) is 7. The van der Waals surface area contributed by atoms with Crippen LogP contribution in [0.1, 0.15) is 19.4 Å². The largest absolute Gasteiger partial charge is 0.459 e. The predicted molar refractivity (Wildman–Crippen MR) is 95.2 cm³/mol. The lowest BCUT2D eigenvalue weighted by atomic mass is 10.1. The van der Waals surface area contributed by atoms with Crippen LogP contribution in [0.25, 0.3) is 17.1 Å². The Balaban J connectivity index is 1.96. The van der Waals surface area contributed by atoms with Gasteiger partial charge in [-0.1, -0.05) is 0 Å². The van der Waals surface area contributed by atoms with Gasteiger partial charge in [0.25, 0.3) is 0 Å². The number of ketones is 1. The number of carbonyl (C=O) groups excluding carboxylic acids is 2. The molecule has 8 nitrogen and oxygen atoms in total. The molecule has 0 bridgehead atoms. The van der Waals surface area contributed by atoms with E-state index < -0.39 is 11.8 Å². The minimum Gasteiger partial charge on any atom is -0.459 e. The van der Waals surface area contributed by atoms with Crippen LogP contribution < -0.4 is 5.43 Å². The maximum absolute atomic E-state index is 12.7. The molecule has 0 spiro atoms. The van der Waals surface area contributed by atoms with Gasteiger partial charge in [-0.05, 0) is 32.1 Å². The van der Waals surface area contributed by atoms with Gasteiger partial charge in [0.2, 0.25) is 11.7 Å². The number of nitrogens with one attached hydrogen (secondary N) is 2. The molecule has 0 aliphatic carbocycles. The summed E-state index contributed by atoms with van der Waals surface area (Å²) in [5, 5.41) is 2.42. The summed E-state index contributed by atoms with van der Waals surface area (Å²) < 4.78 is 10.8. The molecule has 0 atom stereocenters. The van der Waals surface area contributed by atoms with Gasteiger partial charge in [-0.2, -0.15) is 0 Å². The van der Waals surface area contributed by atoms with E-state index in [0.29, 0.717) is 5.65 Å². The first kappa shape index (κ1) is 17.7. The number of allylic oxidation sites excluding steroid dienone is 1. The number of Topliss-reactive ketones (excluding diaryl/α,β-unsaturated/α-hetero) is 1. The Labute approximate surface area is 150 Å². The smallest absolute Gasteiger partial charge is 0.348 e. The molecule has 2 N–H and O–H groups in total. The summed E-state index contributed by atoms with van der Waals surface area (Å²) >= 11 is 0. The summed E-state index contributed by atoms with van der Waals surface area (Å²) in [7, 11) is 3.44. The van der Waals surface area contributed by atoms with Crippen molar-refractivity contribution in [3.63, 3.8) is 0 Å². The lowest BCUT2D eigenvalue weighted by Gasteiger charge is -2.14. The molecule has 2 aromatic heterocycles. The second-order valence-electron chi connectivity index (χ2n) is 6.25. The van der Waals surface area contributed by atoms with E-state index in [1.165, 1.54) is 0 Å². The van der Waals surface area contributed by atoms with Gasteiger partial charge >= 0.3 is 5.97 Å². The average molecular weight is 356 g/mol. The molecule has 3 rings (SSSR count). The van der Waals surface area contributed by atoms with Crippen LogP contribution in [0.2, 0.25) is 0 Å². The van der Waals surface area contributed by atoms with Crippen LogP contribution in [0, 0.1) is 0 Å². The number of rotatable bonds is 5. The minimum absolute atomic E-state index is 0.0369. The molecule has 2 aromatic rings. The van der Waals surface area contributed by atoms with Crippen LogP contribution in [-0.4, -0.2) is 46.9 Å². The summed E-state index contributed by atoms with van der Waals surface area (Å²) in [6.45, 7) is 3.43. The number of hydrogen-bond donors (Lipinski definition) is 2. The zero-order valence-corrected chi connectivity index (χ0v) is 15.0. The zero-order valence-electron chi connectivity index (χ0n) is 15.0. The summed E-state index contributed by atoms with van der Waals surface area (Å²) in [6.07, 6.45) is 4.63. The highest BCUT2D eigenvalue weighted by atomic mass is 16.6. The number of esters is 1. The fourth-order valence-electron chi connectivity index (χ4n) is 2.51. The van der Waals surface area contributed by atoms with Crippen molar-refractivity contribution >= 4 is 28.9 Å². The van der Waals surface area contributed by atoms with Crippen LogP contribution in [0.5, 0.6) is 0 Å². The monoisotopic (exact) mass is 356 g/mol. The molecule has 3 heterocycles. The predicted octanol–water partition coefficient (Wildman–Crippen LogP) is 1.73. The van der Waals surface area contributed by atoms with E-state index >= 15 is 0 Å². The van der Waals surface area contributed by atoms with Crippen LogP contribution in [0.15, 0.2) is 41.7 Å². The number of nitrogens with zero attached hydrogens (tertiary/aromatic N) is 2. The quantitative estimate of drug-likeness (QED) is 0.364. The van der Waals surface area contributed by atoms with Crippen LogP contribution >= 0.6 is 0 Å². The van der Waals surface area contributed by atoms with Gasteiger partial charge in [0.15, 0.2) is 11.3 Å². The molecule has 1 aliphatic heterocycles. The second kappa shape index (κ2) is 7.01. The minimum atomic E-state index is -0.724. The molecule has 0 unspecified atom stereocenters. The highest BCUT2D eigenvalue weighted by molar-refractivity contribution is 6.26. The van der Waals surface area contributed by atoms with E-state index in [1.807, 2.05) is 6.07 Å². The Morgan fingerprint density at radius 2 is 2.19 bits per heavy atom. The SMILES string of the molecule is CC(C)OC(=O)C1=C(NN(C)C)OC(=Cc2c[nH]c3ncccc23)C1=O. The van der Waals surface area contributed by atoms with E-state index in [9.17, 15) is 9.59 Å². The van der Waals surface area contributed by atoms with Crippen molar-refractivity contribution in [1.29, 1.82) is 0 Å². The fraction of sp³-hybridized carbons (Fsp3) is 0.278. The first-order chi connectivity index (χ1) is 12.4. The van der Waals surface area contributed by atoms with Crippen LogP contribution in [0.3, 0.4) is 0 Å². The van der Waals surface area contributed by atoms with Gasteiger partial charge in [-0.15, -0.1) is 0 Å². The molecule has 0 fully saturated rings. The van der Waals surface area contributed by atoms with E-state index in [0.717, 1.165) is 10.9 Å². The Morgan fingerprint density at radius 1 is 1.42 bits per heavy atom. The van der Waals surface area contributed by atoms with Gasteiger partial charge in [0.1, 0.15) is 5.65 Å². The van der Waals surface area contributed by atoms with Gasteiger partial charge in [-0.3, -0.25) is 10.2 Å². The number of hydrazine groups is 1. The van der Waals surface area contributed by atoms with Gasteiger partial charge in [-0.25, -0.2) is 14.8 Å². The Bertz CT molecular complexity index is 924. The molecule has 26 heavy (non-hydrogen) atoms. The number of fused-ring (bicyclic) bond motifs is 1. The summed E-state index contributed by atoms with van der Waals surface area (Å²) in [5.41, 5.74) is 4.11. The summed E-state index contributed by atoms with van der Waals surface area (Å²) in [6, 6.07) is 3.68. The molecule has 0 radical (unpaired) electrons. The van der Waals surface area contributed by atoms with Gasteiger partial charge in [0, 0.05) is 37.4 Å². The molecule has 136 valence electrons. The van der Waals surface area contributed by atoms with Crippen molar-refractivity contribution in [2.75, 3.05) is 14.1 Å². The highest BCUT2D eigenvalue weighted by Gasteiger charge is 2.37. The third kappa shape index (κ3) is 3.45. The number of aromatic nitrogens is 2. The molecule has 0 aromatic carbocycles. The molecular formula is C18H20N4O4. The normalized spacial score (nSPS) is 16.1. The van der Waals surface area contributed by atoms with E-state index in [2.05, 4.69) is 15.4 Å². The highest BCUT2D eigenvalue weighted by Crippen LogP contribution is 2.28. The van der Waals surface area contributed by atoms with Crippen molar-refractivity contribution in [2.45, 2.75) is 20.0 Å². The van der Waals surface area contributed by atoms with Crippen molar-refractivity contribution in [3.05, 3.63) is 47.3 Å². The second-order valence-corrected chi connectivity index (χ2v) is 6.25. The molecular weight excluding hydrogens is 336 g/mol. The molecule has 8 heteroatoms. The van der Waals surface area contributed by atoms with Crippen molar-refractivity contribution < 1.29 is 19.1 Å². The number of ether oxygens (including phenoxy) is 2. The number of carbonyl (C=O) groups is 2. The fourth-order valence-corrected chi connectivity index (χ4v) is 2.51. The Morgan fingerprint density at radius 3 is 2.88 bits per heavy atom. The van der Waals surface area contributed by atoms with Crippen molar-refractivity contribution in [1.82, 2.24) is 20.4 Å². The summed E-state index contributed by atoms with van der Waals surface area (Å²) in [4.78, 5) is 32.3. The van der Waals surface area contributed by atoms with E-state index in [4.69, 9.17) is 9.47 Å². The molecule has 0 saturated heterocycles. The molecule has 1 aliphatic rings. The van der Waals surface area contributed by atoms with Crippen molar-refractivity contribution in [3.8, 4) is 0 Å². The number of pyridine rings is 1. The maximum Gasteiger partial charge on any atom is 0.348 e. The zero-order chi connectivity index (χ0) is 18.8. The maximum atomic E-state index is 12.7. The first-order valence-corrected chi connectivity index (χ1v) is 8.12. The van der Waals surface area contributed by atoms with Gasteiger partial charge in [0.05, 0.1) is 6.10 Å². The van der Waals surface area contributed by atoms with E-state index in [1.54, 1.807) is 57.5 Å². The van der Waals surface area contributed by atoms with E-state index in [-0.39, 0.29) is 23.3 Å². The lowest BCUT2D eigenvalue weighted by molar-refractivity contribution is -0.143. The average Bonchev–Trinajstić information content (AvgIpc) is 3.09. The molecule has 0 amide bonds. The lowest BCUT2D eigenvalue weighted by Crippen LogP contribution is -2.31. The topological polar surface area (TPSA) is 96.6 Å². The third-order valence-electron chi connectivity index (χ3n) is 3.53. The summed E-state index contributed by atoms with van der Waals surface area (Å²) in [5.74, 6) is -1.17. The third-order valence-corrected chi connectivity index (χ3v) is 3.53. The van der Waals surface area contributed by atoms with Gasteiger partial charge < -0.3 is 14.5 Å². The van der Waals surface area contributed by atoms with Crippen LogP contribution in [0.4, 0.5) is 0 Å².